The van der Waals surface area contributed by atoms with E-state index in [0.29, 0.717) is 5.69 Å². The van der Waals surface area contributed by atoms with Crippen LogP contribution < -0.4 is 21.9 Å². The number of nitrogens with two attached hydrogens (primary N) is 1. The Kier molecular flexibility index (Phi) is 11.2. The molecule has 1 fully saturated rings. The summed E-state index contributed by atoms with van der Waals surface area (Å²) in [6.07, 6.45) is -10.2. The normalized spacial score (nSPS) is 21.9. The molecule has 298 valence electrons. The molecule has 10 N–H and O–H groups in total. The number of H-pyrrole nitrogens is 1. The molecule has 3 aromatic rings. The Morgan fingerprint density at radius 3 is 2.45 bits per heavy atom. The maximum Gasteiger partial charge on any atom is 0.483 e. The highest BCUT2D eigenvalue weighted by Gasteiger charge is 2.47. The topological polar surface area (TPSA) is 366 Å². The number of nitrogens with one attached hydrogen (secondary N) is 1. The van der Waals surface area contributed by atoms with E-state index in [-0.39, 0.29) is 39.5 Å². The monoisotopic (exact) mass is 814 g/mol. The van der Waals surface area contributed by atoms with Crippen molar-refractivity contribution in [1.29, 1.82) is 0 Å². The van der Waals surface area contributed by atoms with Gasteiger partial charge in [0.1, 0.15) is 48.5 Å². The molecule has 5 heterocycles. The Hall–Kier alpha value is -4.33. The van der Waals surface area contributed by atoms with Crippen LogP contribution in [0.1, 0.15) is 11.8 Å². The lowest BCUT2D eigenvalue weighted by molar-refractivity contribution is -0.0821. The summed E-state index contributed by atoms with van der Waals surface area (Å²) in [7, 11) is -7.52. The van der Waals surface area contributed by atoms with Crippen molar-refractivity contribution in [2.75, 3.05) is 37.9 Å². The number of phosphoric acid groups is 2. The summed E-state index contributed by atoms with van der Waals surface area (Å²) in [6, 6.07) is 3.29. The number of anilines is 2. The zero-order valence-electron chi connectivity index (χ0n) is 28.9. The van der Waals surface area contributed by atoms with Gasteiger partial charge >= 0.3 is 21.3 Å². The number of imidazole rings is 1. The number of rotatable bonds is 14. The summed E-state index contributed by atoms with van der Waals surface area (Å²) in [5.74, 6) is -0.246. The van der Waals surface area contributed by atoms with Gasteiger partial charge in [0.05, 0.1) is 37.1 Å². The van der Waals surface area contributed by atoms with Crippen molar-refractivity contribution >= 4 is 49.3 Å². The first-order valence-corrected chi connectivity index (χ1v) is 19.0. The average molecular weight is 815 g/mol. The van der Waals surface area contributed by atoms with Gasteiger partial charge in [0.15, 0.2) is 29.2 Å². The van der Waals surface area contributed by atoms with E-state index in [0.717, 1.165) is 11.9 Å². The van der Waals surface area contributed by atoms with Crippen LogP contribution in [0.15, 0.2) is 34.4 Å². The quantitative estimate of drug-likeness (QED) is 0.0408. The molecule has 55 heavy (non-hydrogen) atoms. The van der Waals surface area contributed by atoms with Gasteiger partial charge in [-0.2, -0.15) is 9.29 Å². The molecule has 0 bridgehead atoms. The van der Waals surface area contributed by atoms with Crippen LogP contribution in [0.5, 0.6) is 0 Å². The van der Waals surface area contributed by atoms with E-state index in [2.05, 4.69) is 29.2 Å². The fraction of sp³-hybridized carbons (Fsp3) is 0.464. The van der Waals surface area contributed by atoms with Gasteiger partial charge in [-0.25, -0.2) is 33.9 Å². The molecule has 1 saturated heterocycles. The van der Waals surface area contributed by atoms with Crippen LogP contribution in [0.4, 0.5) is 11.5 Å². The van der Waals surface area contributed by atoms with Gasteiger partial charge in [0.2, 0.25) is 0 Å². The molecule has 25 nitrogen and oxygen atoms in total. The third kappa shape index (κ3) is 8.29. The second kappa shape index (κ2) is 15.3. The molecule has 8 unspecified atom stereocenters. The number of hydrogen-bond acceptors (Lipinski definition) is 20. The lowest BCUT2D eigenvalue weighted by Crippen LogP contribution is -2.42. The highest BCUT2D eigenvalue weighted by atomic mass is 31.3. The van der Waals surface area contributed by atoms with Crippen LogP contribution in [0, 0.1) is 6.92 Å². The number of aromatic amines is 1. The van der Waals surface area contributed by atoms with E-state index in [1.54, 1.807) is 38.1 Å². The number of fused-ring (bicyclic) bond motifs is 3. The highest BCUT2D eigenvalue weighted by molar-refractivity contribution is 7.61. The predicted octanol–water partition coefficient (Wildman–Crippen LogP) is -2.67. The lowest BCUT2D eigenvalue weighted by Gasteiger charge is -2.27. The van der Waals surface area contributed by atoms with Crippen LogP contribution in [-0.4, -0.2) is 138 Å². The summed E-state index contributed by atoms with van der Waals surface area (Å²) >= 11 is 0. The van der Waals surface area contributed by atoms with Gasteiger partial charge in [-0.1, -0.05) is 0 Å². The molecule has 6 rings (SSSR count). The van der Waals surface area contributed by atoms with Gasteiger partial charge in [-0.15, -0.1) is 0 Å². The molecule has 0 spiro atoms. The standard InChI is InChI=1S/C28H36N10O15P2/c1-11-4-12-14(5-13(11)36(2)3)37(25-19(33-12)26(44)35-28(45)34-25)6-15(39)20(41)16(40)7-50-55(49,53-54(46,47)48)51-8-17-21(42)22(43)27(52-17)38-10-32-18-23(29)30-9-31-24(18)38/h4-5,9-10,15-17,20-22,27,39-43H,6-8H2,1-3H3,(H2,29,30,31)(H,35,44,45)(H2,46,47,48). The summed E-state index contributed by atoms with van der Waals surface area (Å²) < 4.78 is 47.5. The minimum atomic E-state index is -5.65. The average Bonchev–Trinajstić information content (AvgIpc) is 3.65. The van der Waals surface area contributed by atoms with Crippen LogP contribution >= 0.6 is 15.6 Å². The summed E-state index contributed by atoms with van der Waals surface area (Å²) in [5.41, 5.74) is 5.88. The fourth-order valence-corrected chi connectivity index (χ4v) is 8.11. The van der Waals surface area contributed by atoms with Gasteiger partial charge in [-0.05, 0) is 24.6 Å². The molecule has 3 aliphatic heterocycles. The first-order valence-electron chi connectivity index (χ1n) is 16.0. The second-order valence-electron chi connectivity index (χ2n) is 12.7. The third-order valence-electron chi connectivity index (χ3n) is 8.57. The van der Waals surface area contributed by atoms with E-state index in [1.165, 1.54) is 15.5 Å². The van der Waals surface area contributed by atoms with Crippen molar-refractivity contribution in [2.45, 2.75) is 56.3 Å². The van der Waals surface area contributed by atoms with Crippen molar-refractivity contribution in [3.8, 4) is 11.5 Å². The minimum absolute atomic E-state index is 0.0161. The van der Waals surface area contributed by atoms with E-state index >= 15 is 0 Å². The van der Waals surface area contributed by atoms with Crippen molar-refractivity contribution in [1.82, 2.24) is 39.0 Å². The van der Waals surface area contributed by atoms with Crippen molar-refractivity contribution in [2.24, 2.45) is 0 Å². The highest BCUT2D eigenvalue weighted by Crippen LogP contribution is 2.61. The van der Waals surface area contributed by atoms with Gasteiger partial charge in [0, 0.05) is 19.8 Å². The SMILES string of the molecule is Cc1cc2nc3c(=O)[nH]c(=O)nc-3n(CC(O)C(O)C(O)COP(=O)(OCC3OC(n4cnc5c(N)ncnc54)C(O)C3O)OP(=O)(O)O)c2cc1N(C)C. The van der Waals surface area contributed by atoms with E-state index in [9.17, 15) is 54.0 Å². The van der Waals surface area contributed by atoms with Gasteiger partial charge in [0.25, 0.3) is 5.56 Å². The van der Waals surface area contributed by atoms with Crippen molar-refractivity contribution in [3.63, 3.8) is 0 Å². The van der Waals surface area contributed by atoms with E-state index in [4.69, 9.17) is 19.5 Å². The second-order valence-corrected chi connectivity index (χ2v) is 15.7. The van der Waals surface area contributed by atoms with Crippen molar-refractivity contribution in [3.05, 3.63) is 51.2 Å². The zero-order valence-corrected chi connectivity index (χ0v) is 30.7. The largest absolute Gasteiger partial charge is 0.483 e. The Morgan fingerprint density at radius 2 is 1.76 bits per heavy atom. The molecular weight excluding hydrogens is 778 g/mol. The predicted molar refractivity (Wildman–Crippen MR) is 186 cm³/mol. The van der Waals surface area contributed by atoms with Crippen molar-refractivity contribution < 1.29 is 62.5 Å². The number of benzene rings is 1. The lowest BCUT2D eigenvalue weighted by atomic mass is 10.1. The molecule has 27 heteroatoms. The molecule has 0 radical (unpaired) electrons. The molecule has 8 atom stereocenters. The number of aromatic nitrogens is 8. The number of aliphatic hydroxyl groups is 5. The molecule has 1 aromatic carbocycles. The number of nitrogen functional groups attached to an aromatic ring is 1. The first-order chi connectivity index (χ1) is 25.8. The molecule has 3 aliphatic rings. The minimum Gasteiger partial charge on any atom is -0.388 e. The number of hydrogen-bond donors (Lipinski definition) is 9. The Labute approximate surface area is 307 Å². The third-order valence-corrected chi connectivity index (χ3v) is 11.2. The van der Waals surface area contributed by atoms with Crippen LogP contribution in [-0.2, 0) is 33.8 Å². The number of aryl methyl sites for hydroxylation is 1. The number of nitrogens with zero attached hydrogens (tertiary/aromatic N) is 8. The molecule has 2 aromatic heterocycles. The van der Waals surface area contributed by atoms with Gasteiger partial charge < -0.3 is 55.3 Å². The van der Waals surface area contributed by atoms with Crippen LogP contribution in [0.2, 0.25) is 0 Å². The van der Waals surface area contributed by atoms with Crippen LogP contribution in [0.25, 0.3) is 33.7 Å². The van der Waals surface area contributed by atoms with Crippen LogP contribution in [0.3, 0.4) is 0 Å². The zero-order chi connectivity index (χ0) is 40.1. The molecule has 0 amide bonds. The van der Waals surface area contributed by atoms with Gasteiger partial charge in [-0.3, -0.25) is 23.4 Å². The summed E-state index contributed by atoms with van der Waals surface area (Å²) in [6.45, 7) is -1.03. The first kappa shape index (κ1) is 40.3. The fourth-order valence-electron chi connectivity index (χ4n) is 5.95. The summed E-state index contributed by atoms with van der Waals surface area (Å²) in [4.78, 5) is 67.5. The Morgan fingerprint density at radius 1 is 1.04 bits per heavy atom. The maximum atomic E-state index is 13.4. The van der Waals surface area contributed by atoms with E-state index < -0.39 is 89.5 Å². The maximum absolute atomic E-state index is 13.4. The number of ether oxygens (including phenoxy) is 1. The number of phosphoric ester groups is 1. The molecule has 0 saturated carbocycles. The number of aliphatic hydroxyl groups excluding tert-OH is 5. The molecular formula is C28H36N10O15P2. The summed E-state index contributed by atoms with van der Waals surface area (Å²) in [5, 5.41) is 54.1. The van der Waals surface area contributed by atoms with E-state index in [1.807, 2.05) is 4.98 Å². The Bertz CT molecular complexity index is 2400. The smallest absolute Gasteiger partial charge is 0.388 e. The Balaban J connectivity index is 1.18. The molecule has 0 aliphatic carbocycles.